The fourth-order valence-electron chi connectivity index (χ4n) is 3.10. The molecule has 0 atom stereocenters. The molecule has 2 aromatic carbocycles. The lowest BCUT2D eigenvalue weighted by Crippen LogP contribution is -2.16. The maximum atomic E-state index is 13.0. The maximum absolute atomic E-state index is 13.0. The largest absolute Gasteiger partial charge is 0.490 e. The van der Waals surface area contributed by atoms with Crippen LogP contribution in [0, 0.1) is 0 Å². The van der Waals surface area contributed by atoms with Crippen molar-refractivity contribution in [3.63, 3.8) is 0 Å². The van der Waals surface area contributed by atoms with Crippen LogP contribution in [0.2, 0.25) is 0 Å². The fourth-order valence-corrected chi connectivity index (χ4v) is 3.84. The predicted octanol–water partition coefficient (Wildman–Crippen LogP) is 5.83. The van der Waals surface area contributed by atoms with Crippen molar-refractivity contribution in [1.29, 1.82) is 0 Å². The predicted molar refractivity (Wildman–Crippen MR) is 123 cm³/mol. The van der Waals surface area contributed by atoms with E-state index in [1.54, 1.807) is 24.3 Å². The highest BCUT2D eigenvalue weighted by molar-refractivity contribution is 9.10. The Morgan fingerprint density at radius 3 is 2.26 bits per heavy atom. The van der Waals surface area contributed by atoms with E-state index in [2.05, 4.69) is 26.3 Å². The zero-order valence-corrected chi connectivity index (χ0v) is 20.3. The molecule has 1 aromatic heterocycles. The van der Waals surface area contributed by atoms with Gasteiger partial charge >= 0.3 is 6.18 Å². The SMILES string of the molecule is CCOc1ccc(COc2ccc(NC(=O)c3c(Br)c(C(F)(F)F)nn3C)cc2)cc1OCC. The number of benzene rings is 2. The van der Waals surface area contributed by atoms with Crippen LogP contribution in [-0.4, -0.2) is 28.9 Å². The molecule has 0 saturated carbocycles. The summed E-state index contributed by atoms with van der Waals surface area (Å²) < 4.78 is 56.5. The fraction of sp³-hybridized carbons (Fsp3) is 0.304. The second-order valence-electron chi connectivity index (χ2n) is 7.05. The Labute approximate surface area is 202 Å². The zero-order chi connectivity index (χ0) is 24.9. The monoisotopic (exact) mass is 541 g/mol. The van der Waals surface area contributed by atoms with Crippen molar-refractivity contribution in [3.8, 4) is 17.2 Å². The number of alkyl halides is 3. The molecule has 3 rings (SSSR count). The molecule has 0 unspecified atom stereocenters. The van der Waals surface area contributed by atoms with E-state index >= 15 is 0 Å². The molecule has 11 heteroatoms. The Balaban J connectivity index is 1.64. The second kappa shape index (κ2) is 10.8. The Hall–Kier alpha value is -3.21. The lowest BCUT2D eigenvalue weighted by molar-refractivity contribution is -0.142. The minimum absolute atomic E-state index is 0.242. The van der Waals surface area contributed by atoms with Gasteiger partial charge in [-0.2, -0.15) is 18.3 Å². The molecule has 0 aliphatic heterocycles. The number of aryl methyl sites for hydroxylation is 1. The Kier molecular flexibility index (Phi) is 8.08. The van der Waals surface area contributed by atoms with Gasteiger partial charge in [0, 0.05) is 12.7 Å². The Morgan fingerprint density at radius 1 is 1.03 bits per heavy atom. The van der Waals surface area contributed by atoms with Gasteiger partial charge in [0.1, 0.15) is 18.1 Å². The summed E-state index contributed by atoms with van der Waals surface area (Å²) in [5.41, 5.74) is -0.136. The van der Waals surface area contributed by atoms with Crippen LogP contribution in [0.5, 0.6) is 17.2 Å². The van der Waals surface area contributed by atoms with Crippen molar-refractivity contribution >= 4 is 27.5 Å². The summed E-state index contributed by atoms with van der Waals surface area (Å²) in [4.78, 5) is 12.5. The summed E-state index contributed by atoms with van der Waals surface area (Å²) in [6, 6.07) is 12.0. The summed E-state index contributed by atoms with van der Waals surface area (Å²) in [6.45, 7) is 5.10. The van der Waals surface area contributed by atoms with Gasteiger partial charge in [-0.05, 0) is 71.7 Å². The van der Waals surface area contributed by atoms with Crippen LogP contribution >= 0.6 is 15.9 Å². The molecule has 1 N–H and O–H groups in total. The first-order valence-electron chi connectivity index (χ1n) is 10.4. The second-order valence-corrected chi connectivity index (χ2v) is 7.84. The minimum atomic E-state index is -4.68. The highest BCUT2D eigenvalue weighted by Gasteiger charge is 2.39. The van der Waals surface area contributed by atoms with Crippen molar-refractivity contribution in [1.82, 2.24) is 9.78 Å². The van der Waals surface area contributed by atoms with Crippen LogP contribution in [0.3, 0.4) is 0 Å². The van der Waals surface area contributed by atoms with Gasteiger partial charge in [0.15, 0.2) is 17.2 Å². The molecule has 182 valence electrons. The molecule has 0 radical (unpaired) electrons. The third kappa shape index (κ3) is 6.02. The summed E-state index contributed by atoms with van der Waals surface area (Å²) in [6.07, 6.45) is -4.68. The number of rotatable bonds is 9. The van der Waals surface area contributed by atoms with Crippen LogP contribution in [-0.2, 0) is 19.8 Å². The molecule has 0 spiro atoms. The number of hydrogen-bond acceptors (Lipinski definition) is 5. The van der Waals surface area contributed by atoms with Gasteiger partial charge in [0.2, 0.25) is 0 Å². The Bertz CT molecular complexity index is 1150. The Morgan fingerprint density at radius 2 is 1.68 bits per heavy atom. The molecule has 0 bridgehead atoms. The number of carbonyl (C=O) groups is 1. The first-order chi connectivity index (χ1) is 16.1. The number of halogens is 4. The molecule has 0 saturated heterocycles. The van der Waals surface area contributed by atoms with Gasteiger partial charge in [0.25, 0.3) is 5.91 Å². The molecule has 0 aliphatic carbocycles. The van der Waals surface area contributed by atoms with E-state index in [4.69, 9.17) is 14.2 Å². The van der Waals surface area contributed by atoms with Crippen molar-refractivity contribution in [2.24, 2.45) is 7.05 Å². The third-order valence-electron chi connectivity index (χ3n) is 4.60. The number of amides is 1. The lowest BCUT2D eigenvalue weighted by Gasteiger charge is -2.13. The summed E-state index contributed by atoms with van der Waals surface area (Å²) in [5, 5.41) is 5.95. The third-order valence-corrected chi connectivity index (χ3v) is 5.35. The highest BCUT2D eigenvalue weighted by atomic mass is 79.9. The van der Waals surface area contributed by atoms with Gasteiger partial charge in [-0.15, -0.1) is 0 Å². The van der Waals surface area contributed by atoms with E-state index < -0.39 is 22.3 Å². The number of ether oxygens (including phenoxy) is 3. The summed E-state index contributed by atoms with van der Waals surface area (Å²) >= 11 is 2.83. The molecule has 1 heterocycles. The van der Waals surface area contributed by atoms with Crippen LogP contribution in [0.1, 0.15) is 35.6 Å². The zero-order valence-electron chi connectivity index (χ0n) is 18.7. The first kappa shape index (κ1) is 25.4. The normalized spacial score (nSPS) is 11.3. The number of anilines is 1. The number of aromatic nitrogens is 2. The van der Waals surface area contributed by atoms with Crippen molar-refractivity contribution in [2.75, 3.05) is 18.5 Å². The smallest absolute Gasteiger partial charge is 0.436 e. The molecule has 7 nitrogen and oxygen atoms in total. The molecule has 0 aliphatic rings. The minimum Gasteiger partial charge on any atom is -0.490 e. The van der Waals surface area contributed by atoms with Gasteiger partial charge in [0.05, 0.1) is 17.7 Å². The average molecular weight is 542 g/mol. The van der Waals surface area contributed by atoms with E-state index in [0.717, 1.165) is 10.2 Å². The number of hydrogen-bond donors (Lipinski definition) is 1. The molecule has 34 heavy (non-hydrogen) atoms. The standard InChI is InChI=1S/C23H23BrF3N3O4/c1-4-32-17-11-6-14(12-18(17)33-5-2)13-34-16-9-7-15(8-10-16)28-22(31)20-19(24)21(23(25,26)27)29-30(20)3/h6-12H,4-5,13H2,1-3H3,(H,28,31). The van der Waals surface area contributed by atoms with E-state index in [9.17, 15) is 18.0 Å². The quantitative estimate of drug-likeness (QED) is 0.369. The van der Waals surface area contributed by atoms with Crippen LogP contribution < -0.4 is 19.5 Å². The molecular formula is C23H23BrF3N3O4. The van der Waals surface area contributed by atoms with Crippen molar-refractivity contribution in [3.05, 3.63) is 63.9 Å². The van der Waals surface area contributed by atoms with Crippen molar-refractivity contribution in [2.45, 2.75) is 26.6 Å². The van der Waals surface area contributed by atoms with Crippen LogP contribution in [0.4, 0.5) is 18.9 Å². The summed E-state index contributed by atoms with van der Waals surface area (Å²) in [7, 11) is 1.27. The van der Waals surface area contributed by atoms with Crippen molar-refractivity contribution < 1.29 is 32.2 Å². The van der Waals surface area contributed by atoms with E-state index in [1.807, 2.05) is 32.0 Å². The number of nitrogens with zero attached hydrogens (tertiary/aromatic N) is 2. The van der Waals surface area contributed by atoms with E-state index in [1.165, 1.54) is 7.05 Å². The molecule has 1 amide bonds. The molecule has 3 aromatic rings. The van der Waals surface area contributed by atoms with E-state index in [-0.39, 0.29) is 12.3 Å². The van der Waals surface area contributed by atoms with Crippen LogP contribution in [0.25, 0.3) is 0 Å². The topological polar surface area (TPSA) is 74.6 Å². The van der Waals surface area contributed by atoms with Gasteiger partial charge in [-0.1, -0.05) is 6.07 Å². The molecule has 0 fully saturated rings. The highest BCUT2D eigenvalue weighted by Crippen LogP contribution is 2.36. The number of nitrogens with one attached hydrogen (secondary N) is 1. The van der Waals surface area contributed by atoms with E-state index in [0.29, 0.717) is 36.1 Å². The maximum Gasteiger partial charge on any atom is 0.436 e. The number of carbonyl (C=O) groups excluding carboxylic acids is 1. The molecular weight excluding hydrogens is 519 g/mol. The van der Waals surface area contributed by atoms with Gasteiger partial charge < -0.3 is 19.5 Å². The first-order valence-corrected chi connectivity index (χ1v) is 11.2. The summed E-state index contributed by atoms with van der Waals surface area (Å²) in [5.74, 6) is 1.11. The average Bonchev–Trinajstić information content (AvgIpc) is 3.09. The van der Waals surface area contributed by atoms with Gasteiger partial charge in [-0.3, -0.25) is 9.48 Å². The van der Waals surface area contributed by atoms with Crippen LogP contribution in [0.15, 0.2) is 46.9 Å². The lowest BCUT2D eigenvalue weighted by atomic mass is 10.2. The van der Waals surface area contributed by atoms with Gasteiger partial charge in [-0.25, -0.2) is 0 Å².